The summed E-state index contributed by atoms with van der Waals surface area (Å²) in [7, 11) is 0. The third-order valence-corrected chi connectivity index (χ3v) is 0.683. The lowest BCUT2D eigenvalue weighted by molar-refractivity contribution is 1.01. The quantitative estimate of drug-likeness (QED) is 0.297. The fraction of sp³-hybridized carbons (Fsp3) is 0.400. The van der Waals surface area contributed by atoms with Crippen LogP contribution in [0, 0.1) is 0 Å². The van der Waals surface area contributed by atoms with Crippen molar-refractivity contribution in [3.63, 3.8) is 0 Å². The van der Waals surface area contributed by atoms with Crippen molar-refractivity contribution in [2.24, 2.45) is 15.4 Å². The fourth-order valence-electron chi connectivity index (χ4n) is 0.160. The van der Waals surface area contributed by atoms with Gasteiger partial charge in [-0.25, -0.2) is 0 Å². The van der Waals surface area contributed by atoms with Gasteiger partial charge >= 0.3 is 0 Å². The molecule has 44 valence electrons. The van der Waals surface area contributed by atoms with Crippen molar-refractivity contribution in [3.8, 4) is 0 Å². The van der Waals surface area contributed by atoms with Gasteiger partial charge in [-0.15, -0.1) is 10.2 Å². The highest BCUT2D eigenvalue weighted by atomic mass is 15.4. The van der Waals surface area contributed by atoms with E-state index in [9.17, 15) is 0 Å². The molecule has 0 aromatic heterocycles. The maximum absolute atomic E-state index is 3.62. The Morgan fingerprint density at radius 2 is 2.25 bits per heavy atom. The van der Waals surface area contributed by atoms with Crippen LogP contribution < -0.4 is 0 Å². The maximum Gasteiger partial charge on any atom is 0.0575 e. The molecule has 0 N–H and O–H groups in total. The summed E-state index contributed by atoms with van der Waals surface area (Å²) in [5.74, 6) is 0. The summed E-state index contributed by atoms with van der Waals surface area (Å²) in [6.45, 7) is 6.86. The highest BCUT2D eigenvalue weighted by Crippen LogP contribution is 1.92. The van der Waals surface area contributed by atoms with E-state index in [4.69, 9.17) is 0 Å². The van der Waals surface area contributed by atoms with Crippen molar-refractivity contribution in [2.75, 3.05) is 0 Å². The van der Waals surface area contributed by atoms with Crippen LogP contribution in [0.5, 0.6) is 0 Å². The second kappa shape index (κ2) is 4.18. The Morgan fingerprint density at radius 1 is 1.62 bits per heavy atom. The molecule has 3 heteroatoms. The standard InChI is InChI=1S/C5H9N3/c1-4-5(2)7-8-6-3/h4H,3H2,1-2H3/b5-4-,8-7?. The summed E-state index contributed by atoms with van der Waals surface area (Å²) < 4.78 is 0. The van der Waals surface area contributed by atoms with Crippen LogP contribution in [-0.2, 0) is 0 Å². The molecule has 0 radical (unpaired) electrons. The topological polar surface area (TPSA) is 37.1 Å². The molecule has 0 spiro atoms. The molecular weight excluding hydrogens is 102 g/mol. The van der Waals surface area contributed by atoms with Crippen LogP contribution in [0.1, 0.15) is 13.8 Å². The van der Waals surface area contributed by atoms with E-state index in [-0.39, 0.29) is 0 Å². The van der Waals surface area contributed by atoms with Gasteiger partial charge in [0, 0.05) is 6.72 Å². The average molecular weight is 111 g/mol. The Labute approximate surface area is 48.8 Å². The highest BCUT2D eigenvalue weighted by molar-refractivity contribution is 5.22. The van der Waals surface area contributed by atoms with Gasteiger partial charge in [0.05, 0.1) is 5.70 Å². The number of rotatable bonds is 2. The zero-order valence-electron chi connectivity index (χ0n) is 5.13. The van der Waals surface area contributed by atoms with Gasteiger partial charge in [0.25, 0.3) is 0 Å². The van der Waals surface area contributed by atoms with Crippen molar-refractivity contribution >= 4 is 6.72 Å². The molecule has 0 aliphatic rings. The fourth-order valence-corrected chi connectivity index (χ4v) is 0.160. The van der Waals surface area contributed by atoms with Crippen molar-refractivity contribution in [1.29, 1.82) is 0 Å². The smallest absolute Gasteiger partial charge is 0.0575 e. The van der Waals surface area contributed by atoms with E-state index in [1.807, 2.05) is 19.9 Å². The lowest BCUT2D eigenvalue weighted by Gasteiger charge is -1.79. The predicted octanol–water partition coefficient (Wildman–Crippen LogP) is 1.98. The molecule has 0 aromatic carbocycles. The monoisotopic (exact) mass is 111 g/mol. The van der Waals surface area contributed by atoms with Gasteiger partial charge in [-0.2, -0.15) is 0 Å². The molecule has 0 rings (SSSR count). The van der Waals surface area contributed by atoms with Gasteiger partial charge in [-0.3, -0.25) is 0 Å². The molecule has 3 nitrogen and oxygen atoms in total. The molecule has 0 unspecified atom stereocenters. The van der Waals surface area contributed by atoms with E-state index in [0.717, 1.165) is 5.70 Å². The summed E-state index contributed by atoms with van der Waals surface area (Å²) in [6, 6.07) is 0. The Hall–Kier alpha value is -0.990. The van der Waals surface area contributed by atoms with E-state index in [1.54, 1.807) is 0 Å². The second-order valence-electron chi connectivity index (χ2n) is 1.26. The molecule has 0 fully saturated rings. The summed E-state index contributed by atoms with van der Waals surface area (Å²) >= 11 is 0. The third kappa shape index (κ3) is 3.21. The normalized spacial score (nSPS) is 12.5. The van der Waals surface area contributed by atoms with E-state index in [0.29, 0.717) is 0 Å². The van der Waals surface area contributed by atoms with Crippen LogP contribution in [0.25, 0.3) is 0 Å². The van der Waals surface area contributed by atoms with Crippen molar-refractivity contribution in [2.45, 2.75) is 13.8 Å². The zero-order valence-corrected chi connectivity index (χ0v) is 5.13. The SMILES string of the molecule is C=NN=N/C(C)=C\C. The largest absolute Gasteiger partial charge is 0.147 e. The van der Waals surface area contributed by atoms with Crippen LogP contribution in [-0.4, -0.2) is 6.72 Å². The molecular formula is C5H9N3. The third-order valence-electron chi connectivity index (χ3n) is 0.683. The molecule has 0 aliphatic carbocycles. The van der Waals surface area contributed by atoms with Gasteiger partial charge in [0.15, 0.2) is 0 Å². The Morgan fingerprint density at radius 3 is 2.62 bits per heavy atom. The van der Waals surface area contributed by atoms with Crippen molar-refractivity contribution < 1.29 is 0 Å². The van der Waals surface area contributed by atoms with E-state index >= 15 is 0 Å². The van der Waals surface area contributed by atoms with Gasteiger partial charge in [0.1, 0.15) is 0 Å². The first-order valence-corrected chi connectivity index (χ1v) is 2.31. The molecule has 8 heavy (non-hydrogen) atoms. The first-order chi connectivity index (χ1) is 3.81. The molecule has 0 aliphatic heterocycles. The minimum atomic E-state index is 0.845. The molecule has 0 bridgehead atoms. The highest BCUT2D eigenvalue weighted by Gasteiger charge is 1.74. The Kier molecular flexibility index (Phi) is 3.66. The van der Waals surface area contributed by atoms with Crippen molar-refractivity contribution in [3.05, 3.63) is 11.8 Å². The summed E-state index contributed by atoms with van der Waals surface area (Å²) in [5, 5.41) is 10.1. The van der Waals surface area contributed by atoms with E-state index in [1.165, 1.54) is 0 Å². The van der Waals surface area contributed by atoms with Gasteiger partial charge in [-0.05, 0) is 19.1 Å². The van der Waals surface area contributed by atoms with Gasteiger partial charge in [0.2, 0.25) is 0 Å². The van der Waals surface area contributed by atoms with Crippen LogP contribution in [0.4, 0.5) is 0 Å². The average Bonchev–Trinajstić information content (AvgIpc) is 1.83. The van der Waals surface area contributed by atoms with Crippen LogP contribution in [0.15, 0.2) is 27.2 Å². The summed E-state index contributed by atoms with van der Waals surface area (Å²) in [4.78, 5) is 0. The first-order valence-electron chi connectivity index (χ1n) is 2.31. The molecule has 0 saturated carbocycles. The van der Waals surface area contributed by atoms with Crippen LogP contribution >= 0.6 is 0 Å². The molecule has 0 heterocycles. The van der Waals surface area contributed by atoms with E-state index < -0.39 is 0 Å². The second-order valence-corrected chi connectivity index (χ2v) is 1.26. The molecule has 0 atom stereocenters. The summed E-state index contributed by atoms with van der Waals surface area (Å²) in [5.41, 5.74) is 0.845. The predicted molar refractivity (Wildman–Crippen MR) is 33.8 cm³/mol. The van der Waals surface area contributed by atoms with E-state index in [2.05, 4.69) is 22.2 Å². The maximum atomic E-state index is 3.62. The lowest BCUT2D eigenvalue weighted by Crippen LogP contribution is -1.60. The number of hydrogen-bond donors (Lipinski definition) is 0. The number of allylic oxidation sites excluding steroid dienone is 2. The Balaban J connectivity index is 3.69. The number of nitrogens with zero attached hydrogens (tertiary/aromatic N) is 3. The molecule has 0 aromatic rings. The zero-order chi connectivity index (χ0) is 6.41. The molecule has 0 saturated heterocycles. The van der Waals surface area contributed by atoms with Crippen LogP contribution in [0.2, 0.25) is 0 Å². The first kappa shape index (κ1) is 7.01. The van der Waals surface area contributed by atoms with Gasteiger partial charge < -0.3 is 0 Å². The van der Waals surface area contributed by atoms with Crippen LogP contribution in [0.3, 0.4) is 0 Å². The van der Waals surface area contributed by atoms with Gasteiger partial charge in [-0.1, -0.05) is 6.08 Å². The van der Waals surface area contributed by atoms with Crippen molar-refractivity contribution in [1.82, 2.24) is 0 Å². The minimum absolute atomic E-state index is 0.845. The lowest BCUT2D eigenvalue weighted by atomic mass is 10.5. The minimum Gasteiger partial charge on any atom is -0.147 e. The number of hydrogen-bond acceptors (Lipinski definition) is 2. The summed E-state index contributed by atoms with van der Waals surface area (Å²) in [6.07, 6.45) is 1.84. The molecule has 0 amide bonds. The Bertz CT molecular complexity index is 124.